The van der Waals surface area contributed by atoms with E-state index in [-0.39, 0.29) is 36.2 Å². The van der Waals surface area contributed by atoms with Crippen molar-refractivity contribution in [1.29, 1.82) is 0 Å². The maximum absolute atomic E-state index is 11.7. The average molecular weight is 513 g/mol. The number of carbonyl (C=O) groups is 2. The normalized spacial score (nSPS) is 10.3. The minimum atomic E-state index is -0.822. The molecular weight excluding hydrogens is 485 g/mol. The first kappa shape index (κ1) is 24.8. The Bertz CT molecular complexity index is 958. The number of imidazole rings is 1. The molecule has 0 saturated carbocycles. The van der Waals surface area contributed by atoms with Gasteiger partial charge in [-0.15, -0.1) is 24.0 Å². The number of aliphatic carboxylic acids is 1. The number of hydrogen-bond donors (Lipinski definition) is 3. The van der Waals surface area contributed by atoms with Crippen LogP contribution in [0.25, 0.3) is 21.9 Å². The number of aromatic nitrogens is 3. The van der Waals surface area contributed by atoms with Gasteiger partial charge >= 0.3 is 5.97 Å². The van der Waals surface area contributed by atoms with Crippen LogP contribution >= 0.6 is 24.0 Å². The van der Waals surface area contributed by atoms with Gasteiger partial charge in [0.25, 0.3) is 5.91 Å². The molecule has 0 bridgehead atoms. The Morgan fingerprint density at radius 3 is 2.52 bits per heavy atom. The number of nitrogens with two attached hydrogens (primary N) is 1. The number of carbonyl (C=O) groups excluding carboxylic acids is 1. The van der Waals surface area contributed by atoms with Gasteiger partial charge in [-0.1, -0.05) is 44.4 Å². The molecule has 8 nitrogen and oxygen atoms in total. The number of para-hydroxylation sites is 1. The smallest absolute Gasteiger partial charge is 0.317 e. The number of unbranched alkanes of at least 4 members (excludes halogenated alkanes) is 3. The summed E-state index contributed by atoms with van der Waals surface area (Å²) < 4.78 is 2.11. The van der Waals surface area contributed by atoms with Crippen molar-refractivity contribution < 1.29 is 14.7 Å². The van der Waals surface area contributed by atoms with E-state index in [1.54, 1.807) is 13.4 Å². The summed E-state index contributed by atoms with van der Waals surface area (Å²) in [5.41, 5.74) is 8.05. The number of likely N-dealkylation sites (N-methyl/N-ethyl adjacent to an activating group) is 1. The molecule has 1 aromatic carbocycles. The molecule has 4 N–H and O–H groups in total. The van der Waals surface area contributed by atoms with Crippen molar-refractivity contribution in [3.8, 4) is 0 Å². The maximum atomic E-state index is 11.7. The monoisotopic (exact) mass is 513 g/mol. The summed E-state index contributed by atoms with van der Waals surface area (Å²) in [4.78, 5) is 30.0. The second-order valence-electron chi connectivity index (χ2n) is 6.46. The summed E-state index contributed by atoms with van der Waals surface area (Å²) in [6.45, 7) is 3.13. The van der Waals surface area contributed by atoms with Gasteiger partial charge in [-0.05, 0) is 19.5 Å². The molecule has 2 heterocycles. The van der Waals surface area contributed by atoms with E-state index >= 15 is 0 Å². The molecule has 2 aromatic heterocycles. The summed E-state index contributed by atoms with van der Waals surface area (Å²) in [5, 5.41) is 11.3. The van der Waals surface area contributed by atoms with Gasteiger partial charge in [0, 0.05) is 11.9 Å². The quantitative estimate of drug-likeness (QED) is 0.314. The fourth-order valence-electron chi connectivity index (χ4n) is 2.98. The standard InChI is InChI=1S/C17H20N4O.C3H7NO2.HI/c1-2-3-4-7-10-21-11-19-14-15(17(18)22)20-13-9-6-5-8-12(13)16(14)21;1-4-2-3(5)6;/h5-6,8-9,11H,2-4,7,10H2,1H3,(H2,18,22);4H,2H2,1H3,(H,5,6);1H. The lowest BCUT2D eigenvalue weighted by atomic mass is 10.1. The summed E-state index contributed by atoms with van der Waals surface area (Å²) >= 11 is 0. The highest BCUT2D eigenvalue weighted by Gasteiger charge is 2.16. The highest BCUT2D eigenvalue weighted by atomic mass is 127. The van der Waals surface area contributed by atoms with Crippen LogP contribution in [0, 0.1) is 0 Å². The minimum absolute atomic E-state index is 0. The largest absolute Gasteiger partial charge is 0.480 e. The van der Waals surface area contributed by atoms with Gasteiger partial charge in [-0.25, -0.2) is 9.97 Å². The first-order valence-electron chi connectivity index (χ1n) is 9.39. The van der Waals surface area contributed by atoms with Crippen LogP contribution < -0.4 is 11.1 Å². The first-order chi connectivity index (χ1) is 13.5. The van der Waals surface area contributed by atoms with Crippen LogP contribution in [0.15, 0.2) is 30.6 Å². The molecule has 0 atom stereocenters. The van der Waals surface area contributed by atoms with Crippen molar-refractivity contribution in [3.05, 3.63) is 36.3 Å². The van der Waals surface area contributed by atoms with E-state index in [4.69, 9.17) is 10.8 Å². The Hall–Kier alpha value is -2.27. The van der Waals surface area contributed by atoms with Gasteiger partial charge in [0.05, 0.1) is 23.9 Å². The number of nitrogens with one attached hydrogen (secondary N) is 1. The number of pyridine rings is 1. The fraction of sp³-hybridized carbons (Fsp3) is 0.400. The Morgan fingerprint density at radius 2 is 1.93 bits per heavy atom. The van der Waals surface area contributed by atoms with Crippen LogP contribution in [0.4, 0.5) is 0 Å². The highest BCUT2D eigenvalue weighted by Crippen LogP contribution is 2.26. The van der Waals surface area contributed by atoms with Crippen LogP contribution in [0.2, 0.25) is 0 Å². The lowest BCUT2D eigenvalue weighted by molar-refractivity contribution is -0.135. The zero-order valence-corrected chi connectivity index (χ0v) is 19.1. The van der Waals surface area contributed by atoms with Crippen LogP contribution in [0.3, 0.4) is 0 Å². The van der Waals surface area contributed by atoms with Crippen LogP contribution in [-0.2, 0) is 11.3 Å². The topological polar surface area (TPSA) is 123 Å². The third kappa shape index (κ3) is 6.64. The van der Waals surface area contributed by atoms with Gasteiger partial charge in [0.2, 0.25) is 0 Å². The summed E-state index contributed by atoms with van der Waals surface area (Å²) in [6.07, 6.45) is 6.53. The summed E-state index contributed by atoms with van der Waals surface area (Å²) in [5.74, 6) is -1.36. The molecule has 0 aliphatic heterocycles. The molecule has 0 saturated heterocycles. The molecule has 0 aliphatic rings. The van der Waals surface area contributed by atoms with E-state index in [2.05, 4.69) is 26.8 Å². The molecule has 0 unspecified atom stereocenters. The molecule has 158 valence electrons. The van der Waals surface area contributed by atoms with Crippen LogP contribution in [-0.4, -0.2) is 45.1 Å². The number of benzene rings is 1. The molecule has 0 spiro atoms. The number of nitrogens with zero attached hydrogens (tertiary/aromatic N) is 3. The number of amides is 1. The third-order valence-electron chi connectivity index (χ3n) is 4.27. The predicted octanol–water partition coefficient (Wildman–Crippen LogP) is 3.17. The van der Waals surface area contributed by atoms with Gasteiger partial charge in [0.1, 0.15) is 5.52 Å². The third-order valence-corrected chi connectivity index (χ3v) is 4.27. The van der Waals surface area contributed by atoms with Crippen LogP contribution in [0.5, 0.6) is 0 Å². The predicted molar refractivity (Wildman–Crippen MR) is 125 cm³/mol. The number of hydrogen-bond acceptors (Lipinski definition) is 5. The van der Waals surface area contributed by atoms with Gasteiger partial charge in [-0.3, -0.25) is 9.59 Å². The molecule has 0 radical (unpaired) electrons. The Balaban J connectivity index is 0.000000529. The number of carboxylic acid groups (broad SMARTS) is 1. The van der Waals surface area contributed by atoms with Crippen molar-refractivity contribution in [1.82, 2.24) is 19.9 Å². The number of fused-ring (bicyclic) bond motifs is 3. The van der Waals surface area contributed by atoms with Crippen molar-refractivity contribution >= 4 is 57.8 Å². The second-order valence-corrected chi connectivity index (χ2v) is 6.46. The van der Waals surface area contributed by atoms with E-state index in [0.29, 0.717) is 5.52 Å². The van der Waals surface area contributed by atoms with Crippen molar-refractivity contribution in [3.63, 3.8) is 0 Å². The number of primary amides is 1. The second kappa shape index (κ2) is 12.3. The highest BCUT2D eigenvalue weighted by molar-refractivity contribution is 14.0. The van der Waals surface area contributed by atoms with Crippen molar-refractivity contribution in [2.45, 2.75) is 39.2 Å². The van der Waals surface area contributed by atoms with Crippen LogP contribution in [0.1, 0.15) is 43.1 Å². The van der Waals surface area contributed by atoms with E-state index in [0.717, 1.165) is 29.4 Å². The molecule has 0 fully saturated rings. The van der Waals surface area contributed by atoms with Gasteiger partial charge < -0.3 is 20.7 Å². The Kier molecular flexibility index (Phi) is 10.5. The van der Waals surface area contributed by atoms with E-state index < -0.39 is 11.9 Å². The zero-order chi connectivity index (χ0) is 20.5. The lowest BCUT2D eigenvalue weighted by Gasteiger charge is -2.08. The van der Waals surface area contributed by atoms with Gasteiger partial charge in [0.15, 0.2) is 5.69 Å². The van der Waals surface area contributed by atoms with E-state index in [1.165, 1.54) is 19.3 Å². The van der Waals surface area contributed by atoms with Crippen molar-refractivity contribution in [2.75, 3.05) is 13.6 Å². The SMILES string of the molecule is CCCCCCn1cnc2c(C(N)=O)nc3ccccc3c21.CNCC(=O)O.I. The molecule has 3 aromatic rings. The van der Waals surface area contributed by atoms with Crippen molar-refractivity contribution in [2.24, 2.45) is 5.73 Å². The molecule has 29 heavy (non-hydrogen) atoms. The van der Waals surface area contributed by atoms with Gasteiger partial charge in [-0.2, -0.15) is 0 Å². The average Bonchev–Trinajstić information content (AvgIpc) is 3.09. The van der Waals surface area contributed by atoms with E-state index in [1.807, 2.05) is 24.3 Å². The Labute approximate surface area is 186 Å². The number of aryl methyl sites for hydroxylation is 1. The lowest BCUT2D eigenvalue weighted by Crippen LogP contribution is -2.16. The molecule has 3 rings (SSSR count). The van der Waals surface area contributed by atoms with E-state index in [9.17, 15) is 9.59 Å². The molecule has 1 amide bonds. The molecule has 0 aliphatic carbocycles. The maximum Gasteiger partial charge on any atom is 0.317 e. The summed E-state index contributed by atoms with van der Waals surface area (Å²) in [6, 6.07) is 7.80. The molecular formula is C20H28IN5O3. The Morgan fingerprint density at radius 1 is 1.21 bits per heavy atom. The summed E-state index contributed by atoms with van der Waals surface area (Å²) in [7, 11) is 1.59. The fourth-order valence-corrected chi connectivity index (χ4v) is 2.98. The number of carboxylic acids is 1. The minimum Gasteiger partial charge on any atom is -0.480 e. The number of halogens is 1. The zero-order valence-electron chi connectivity index (χ0n) is 16.7. The molecule has 9 heteroatoms. The number of rotatable bonds is 8. The first-order valence-corrected chi connectivity index (χ1v) is 9.39.